The Morgan fingerprint density at radius 2 is 2.15 bits per heavy atom. The SMILES string of the molecule is Cc1cnc(NS(N)(=O)=O)c(N)c1. The minimum atomic E-state index is -3.81. The molecule has 72 valence electrons. The van der Waals surface area contributed by atoms with Crippen molar-refractivity contribution >= 4 is 21.7 Å². The lowest BCUT2D eigenvalue weighted by atomic mass is 10.3. The molecule has 1 aromatic rings. The van der Waals surface area contributed by atoms with Gasteiger partial charge >= 0.3 is 0 Å². The molecular formula is C6H10N4O2S. The summed E-state index contributed by atoms with van der Waals surface area (Å²) in [5, 5.41) is 4.74. The predicted molar refractivity (Wildman–Crippen MR) is 50.1 cm³/mol. The molecule has 13 heavy (non-hydrogen) atoms. The molecular weight excluding hydrogens is 192 g/mol. The summed E-state index contributed by atoms with van der Waals surface area (Å²) in [6.45, 7) is 1.80. The van der Waals surface area contributed by atoms with E-state index in [9.17, 15) is 8.42 Å². The van der Waals surface area contributed by atoms with E-state index < -0.39 is 10.2 Å². The smallest absolute Gasteiger partial charge is 0.297 e. The van der Waals surface area contributed by atoms with Gasteiger partial charge in [-0.25, -0.2) is 10.1 Å². The predicted octanol–water partition coefficient (Wildman–Crippen LogP) is -0.412. The molecule has 0 aliphatic heterocycles. The zero-order valence-electron chi connectivity index (χ0n) is 6.98. The first kappa shape index (κ1) is 9.75. The third-order valence-corrected chi connectivity index (χ3v) is 1.77. The maximum Gasteiger partial charge on any atom is 0.297 e. The van der Waals surface area contributed by atoms with Crippen LogP contribution in [-0.4, -0.2) is 13.4 Å². The van der Waals surface area contributed by atoms with Crippen LogP contribution in [0.5, 0.6) is 0 Å². The second-order valence-corrected chi connectivity index (χ2v) is 3.89. The van der Waals surface area contributed by atoms with Gasteiger partial charge in [-0.15, -0.1) is 0 Å². The van der Waals surface area contributed by atoms with Gasteiger partial charge < -0.3 is 5.73 Å². The molecule has 7 heteroatoms. The first-order chi connectivity index (χ1) is 5.88. The Labute approximate surface area is 76.1 Å². The third-order valence-electron chi connectivity index (χ3n) is 1.29. The largest absolute Gasteiger partial charge is 0.396 e. The van der Waals surface area contributed by atoms with Crippen molar-refractivity contribution in [3.8, 4) is 0 Å². The van der Waals surface area contributed by atoms with Crippen molar-refractivity contribution in [1.82, 2.24) is 4.98 Å². The number of hydrogen-bond donors (Lipinski definition) is 3. The highest BCUT2D eigenvalue weighted by Crippen LogP contribution is 2.15. The van der Waals surface area contributed by atoms with Crippen LogP contribution in [0.25, 0.3) is 0 Å². The lowest BCUT2D eigenvalue weighted by Crippen LogP contribution is -2.23. The number of nitrogen functional groups attached to an aromatic ring is 1. The molecule has 0 unspecified atom stereocenters. The Kier molecular flexibility index (Phi) is 2.39. The van der Waals surface area contributed by atoms with Crippen LogP contribution in [0.1, 0.15) is 5.56 Å². The zero-order chi connectivity index (χ0) is 10.1. The summed E-state index contributed by atoms with van der Waals surface area (Å²) < 4.78 is 23.2. The number of nitrogens with one attached hydrogen (secondary N) is 1. The number of rotatable bonds is 2. The highest BCUT2D eigenvalue weighted by atomic mass is 32.2. The second kappa shape index (κ2) is 3.19. The second-order valence-electron chi connectivity index (χ2n) is 2.60. The lowest BCUT2D eigenvalue weighted by Gasteiger charge is -2.05. The fourth-order valence-corrected chi connectivity index (χ4v) is 1.25. The number of hydrogen-bond acceptors (Lipinski definition) is 4. The van der Waals surface area contributed by atoms with Gasteiger partial charge in [-0.1, -0.05) is 0 Å². The summed E-state index contributed by atoms with van der Waals surface area (Å²) in [5.41, 5.74) is 6.57. The quantitative estimate of drug-likeness (QED) is 0.605. The molecule has 5 N–H and O–H groups in total. The molecule has 1 aromatic heterocycles. The number of nitrogens with two attached hydrogens (primary N) is 2. The Morgan fingerprint density at radius 1 is 1.54 bits per heavy atom. The van der Waals surface area contributed by atoms with Crippen LogP contribution in [0.2, 0.25) is 0 Å². The molecule has 1 rings (SSSR count). The molecule has 0 aliphatic carbocycles. The van der Waals surface area contributed by atoms with Crippen molar-refractivity contribution < 1.29 is 8.42 Å². The standard InChI is InChI=1S/C6H10N4O2S/c1-4-2-5(7)6(9-3-4)10-13(8,11)12/h2-3H,7H2,1H3,(H,9,10)(H2,8,11,12). The van der Waals surface area contributed by atoms with Gasteiger partial charge in [0, 0.05) is 6.20 Å². The van der Waals surface area contributed by atoms with Crippen LogP contribution >= 0.6 is 0 Å². The summed E-state index contributed by atoms with van der Waals surface area (Å²) in [6, 6.07) is 1.60. The van der Waals surface area contributed by atoms with Crippen molar-refractivity contribution in [3.05, 3.63) is 17.8 Å². The lowest BCUT2D eigenvalue weighted by molar-refractivity contribution is 0.602. The maximum absolute atomic E-state index is 10.6. The fraction of sp³-hybridized carbons (Fsp3) is 0.167. The van der Waals surface area contributed by atoms with E-state index in [-0.39, 0.29) is 11.5 Å². The van der Waals surface area contributed by atoms with E-state index in [4.69, 9.17) is 10.9 Å². The van der Waals surface area contributed by atoms with E-state index in [0.29, 0.717) is 0 Å². The summed E-state index contributed by atoms with van der Waals surface area (Å²) in [7, 11) is -3.81. The molecule has 0 bridgehead atoms. The van der Waals surface area contributed by atoms with Gasteiger partial charge in [0.1, 0.15) is 0 Å². The number of aryl methyl sites for hydroxylation is 1. The molecule has 0 amide bonds. The Morgan fingerprint density at radius 3 is 2.62 bits per heavy atom. The van der Waals surface area contributed by atoms with Crippen LogP contribution in [-0.2, 0) is 10.2 Å². The van der Waals surface area contributed by atoms with Crippen molar-refractivity contribution in [2.45, 2.75) is 6.92 Å². The number of anilines is 2. The Hall–Kier alpha value is -1.34. The number of pyridine rings is 1. The van der Waals surface area contributed by atoms with Gasteiger partial charge in [-0.2, -0.15) is 8.42 Å². The van der Waals surface area contributed by atoms with Crippen LogP contribution in [0, 0.1) is 6.92 Å². The average molecular weight is 202 g/mol. The Balaban J connectivity index is 3.04. The van der Waals surface area contributed by atoms with Crippen LogP contribution in [0.15, 0.2) is 12.3 Å². The molecule has 0 aromatic carbocycles. The molecule has 1 heterocycles. The molecule has 0 spiro atoms. The Bertz CT molecular complexity index is 415. The normalized spacial score (nSPS) is 11.2. The van der Waals surface area contributed by atoms with E-state index in [1.165, 1.54) is 6.20 Å². The number of nitrogens with zero attached hydrogens (tertiary/aromatic N) is 1. The van der Waals surface area contributed by atoms with Crippen molar-refractivity contribution in [2.24, 2.45) is 5.14 Å². The molecule has 0 saturated carbocycles. The molecule has 0 aliphatic rings. The molecule has 0 radical (unpaired) electrons. The first-order valence-corrected chi connectivity index (χ1v) is 4.96. The van der Waals surface area contributed by atoms with E-state index in [1.54, 1.807) is 13.0 Å². The minimum absolute atomic E-state index is 0.0492. The topological polar surface area (TPSA) is 111 Å². The van der Waals surface area contributed by atoms with Gasteiger partial charge in [-0.3, -0.25) is 4.72 Å². The summed E-state index contributed by atoms with van der Waals surface area (Å²) >= 11 is 0. The summed E-state index contributed by atoms with van der Waals surface area (Å²) in [6.07, 6.45) is 1.49. The van der Waals surface area contributed by atoms with Crippen LogP contribution in [0.4, 0.5) is 11.5 Å². The fourth-order valence-electron chi connectivity index (χ4n) is 0.812. The maximum atomic E-state index is 10.6. The van der Waals surface area contributed by atoms with Gasteiger partial charge in [0.2, 0.25) is 0 Å². The van der Waals surface area contributed by atoms with Crippen molar-refractivity contribution in [3.63, 3.8) is 0 Å². The molecule has 6 nitrogen and oxygen atoms in total. The monoisotopic (exact) mass is 202 g/mol. The summed E-state index contributed by atoms with van der Waals surface area (Å²) in [5.74, 6) is 0.0492. The first-order valence-electron chi connectivity index (χ1n) is 3.41. The van der Waals surface area contributed by atoms with E-state index in [2.05, 4.69) is 4.98 Å². The van der Waals surface area contributed by atoms with Crippen LogP contribution in [0.3, 0.4) is 0 Å². The summed E-state index contributed by atoms with van der Waals surface area (Å²) in [4.78, 5) is 3.77. The highest BCUT2D eigenvalue weighted by molar-refractivity contribution is 7.90. The van der Waals surface area contributed by atoms with Gasteiger partial charge in [0.25, 0.3) is 10.2 Å². The van der Waals surface area contributed by atoms with E-state index in [0.717, 1.165) is 5.56 Å². The van der Waals surface area contributed by atoms with E-state index in [1.807, 2.05) is 4.72 Å². The van der Waals surface area contributed by atoms with Crippen molar-refractivity contribution in [2.75, 3.05) is 10.5 Å². The minimum Gasteiger partial charge on any atom is -0.396 e. The molecule has 0 saturated heterocycles. The molecule has 0 atom stereocenters. The van der Waals surface area contributed by atoms with Gasteiger partial charge in [0.15, 0.2) is 5.82 Å². The third kappa shape index (κ3) is 2.88. The highest BCUT2D eigenvalue weighted by Gasteiger charge is 2.06. The van der Waals surface area contributed by atoms with Gasteiger partial charge in [0.05, 0.1) is 5.69 Å². The number of aromatic nitrogens is 1. The molecule has 0 fully saturated rings. The zero-order valence-corrected chi connectivity index (χ0v) is 7.80. The van der Waals surface area contributed by atoms with Gasteiger partial charge in [-0.05, 0) is 18.6 Å². The van der Waals surface area contributed by atoms with E-state index >= 15 is 0 Å². The van der Waals surface area contributed by atoms with Crippen LogP contribution < -0.4 is 15.6 Å². The average Bonchev–Trinajstić information content (AvgIpc) is 1.93. The van der Waals surface area contributed by atoms with Crippen molar-refractivity contribution in [1.29, 1.82) is 0 Å².